The molecule has 0 fully saturated rings. The van der Waals surface area contributed by atoms with E-state index in [1.807, 2.05) is 30.3 Å². The molecule has 124 valence electrons. The molecule has 1 unspecified atom stereocenters. The summed E-state index contributed by atoms with van der Waals surface area (Å²) in [5.41, 5.74) is 1.56. The van der Waals surface area contributed by atoms with Gasteiger partial charge in [-0.1, -0.05) is 42.5 Å². The van der Waals surface area contributed by atoms with Crippen LogP contribution in [0.4, 0.5) is 8.78 Å². The van der Waals surface area contributed by atoms with E-state index < -0.39 is 12.7 Å². The van der Waals surface area contributed by atoms with Crippen LogP contribution in [0.3, 0.4) is 0 Å². The molecule has 3 aromatic rings. The van der Waals surface area contributed by atoms with Crippen molar-refractivity contribution < 1.29 is 18.6 Å². The smallest absolute Gasteiger partial charge is 0.387 e. The Kier molecular flexibility index (Phi) is 4.81. The van der Waals surface area contributed by atoms with Crippen molar-refractivity contribution >= 4 is 0 Å². The van der Waals surface area contributed by atoms with Crippen LogP contribution in [0.5, 0.6) is 5.75 Å². The minimum atomic E-state index is -2.88. The van der Waals surface area contributed by atoms with Gasteiger partial charge >= 0.3 is 6.61 Å². The van der Waals surface area contributed by atoms with E-state index in [2.05, 4.69) is 14.9 Å². The van der Waals surface area contributed by atoms with Gasteiger partial charge in [-0.2, -0.15) is 8.78 Å². The van der Waals surface area contributed by atoms with Gasteiger partial charge in [0, 0.05) is 0 Å². The van der Waals surface area contributed by atoms with Crippen LogP contribution in [-0.4, -0.2) is 26.5 Å². The zero-order valence-corrected chi connectivity index (χ0v) is 12.6. The van der Waals surface area contributed by atoms with Gasteiger partial charge in [-0.05, 0) is 23.3 Å². The fraction of sp³-hybridized carbons (Fsp3) is 0.176. The van der Waals surface area contributed by atoms with Gasteiger partial charge in [0.15, 0.2) is 5.82 Å². The van der Waals surface area contributed by atoms with Crippen molar-refractivity contribution in [3.05, 3.63) is 77.9 Å². The average Bonchev–Trinajstić information content (AvgIpc) is 3.03. The molecule has 1 atom stereocenters. The number of hydrogen-bond acceptors (Lipinski definition) is 4. The minimum absolute atomic E-state index is 0.0340. The largest absolute Gasteiger partial charge is 0.435 e. The molecule has 0 saturated heterocycles. The van der Waals surface area contributed by atoms with Crippen LogP contribution in [0.1, 0.15) is 23.1 Å². The zero-order chi connectivity index (χ0) is 16.9. The molecular weight excluding hydrogens is 316 g/mol. The molecule has 2 aromatic carbocycles. The average molecular weight is 331 g/mol. The Hall–Kier alpha value is -2.80. The number of alkyl halides is 2. The molecule has 1 aromatic heterocycles. The summed E-state index contributed by atoms with van der Waals surface area (Å²) in [6.07, 6.45) is 0.525. The summed E-state index contributed by atoms with van der Waals surface area (Å²) in [7, 11) is 0. The lowest BCUT2D eigenvalue weighted by Crippen LogP contribution is -2.10. The fourth-order valence-electron chi connectivity index (χ4n) is 2.36. The number of hydrogen-bond donors (Lipinski definition) is 1. The molecule has 5 nitrogen and oxygen atoms in total. The molecule has 24 heavy (non-hydrogen) atoms. The third-order valence-corrected chi connectivity index (χ3v) is 3.51. The van der Waals surface area contributed by atoms with Gasteiger partial charge in [0.1, 0.15) is 18.2 Å². The molecule has 1 heterocycles. The molecule has 0 aliphatic rings. The lowest BCUT2D eigenvalue weighted by molar-refractivity contribution is -0.0498. The second kappa shape index (κ2) is 7.18. The second-order valence-electron chi connectivity index (χ2n) is 5.15. The van der Waals surface area contributed by atoms with Gasteiger partial charge in [0.2, 0.25) is 0 Å². The van der Waals surface area contributed by atoms with Gasteiger partial charge < -0.3 is 14.4 Å². The molecule has 0 spiro atoms. The predicted molar refractivity (Wildman–Crippen MR) is 82.7 cm³/mol. The van der Waals surface area contributed by atoms with Crippen molar-refractivity contribution in [1.29, 1.82) is 0 Å². The van der Waals surface area contributed by atoms with E-state index in [0.717, 1.165) is 5.56 Å². The fourth-order valence-corrected chi connectivity index (χ4v) is 2.36. The summed E-state index contributed by atoms with van der Waals surface area (Å²) in [5.74, 6) is 0.410. The summed E-state index contributed by atoms with van der Waals surface area (Å²) in [5, 5.41) is 18.3. The molecule has 0 radical (unpaired) electrons. The number of ether oxygens (including phenoxy) is 1. The van der Waals surface area contributed by atoms with Crippen molar-refractivity contribution in [1.82, 2.24) is 14.8 Å². The maximum absolute atomic E-state index is 12.2. The van der Waals surface area contributed by atoms with E-state index in [0.29, 0.717) is 17.9 Å². The van der Waals surface area contributed by atoms with E-state index in [4.69, 9.17) is 0 Å². The van der Waals surface area contributed by atoms with E-state index >= 15 is 0 Å². The first-order valence-corrected chi connectivity index (χ1v) is 7.28. The third kappa shape index (κ3) is 3.75. The number of nitrogens with zero attached hydrogens (tertiary/aromatic N) is 3. The molecule has 0 bridgehead atoms. The van der Waals surface area contributed by atoms with Crippen molar-refractivity contribution in [3.63, 3.8) is 0 Å². The number of aliphatic hydroxyl groups is 1. The lowest BCUT2D eigenvalue weighted by atomic mass is 10.1. The minimum Gasteiger partial charge on any atom is -0.435 e. The molecule has 0 saturated carbocycles. The van der Waals surface area contributed by atoms with E-state index in [1.165, 1.54) is 24.3 Å². The molecular formula is C17H15F2N3O2. The van der Waals surface area contributed by atoms with Gasteiger partial charge in [0.05, 0.1) is 6.54 Å². The third-order valence-electron chi connectivity index (χ3n) is 3.51. The van der Waals surface area contributed by atoms with Gasteiger partial charge in [-0.15, -0.1) is 10.2 Å². The Bertz CT molecular complexity index is 776. The SMILES string of the molecule is OC(c1ccc(OC(F)F)cc1)c1nncn1Cc1ccccc1. The first-order valence-electron chi connectivity index (χ1n) is 7.28. The van der Waals surface area contributed by atoms with Crippen molar-refractivity contribution in [2.75, 3.05) is 0 Å². The highest BCUT2D eigenvalue weighted by Crippen LogP contribution is 2.23. The van der Waals surface area contributed by atoms with Crippen molar-refractivity contribution in [3.8, 4) is 5.75 Å². The van der Waals surface area contributed by atoms with Crippen LogP contribution < -0.4 is 4.74 Å². The Labute approximate surface area is 137 Å². The van der Waals surface area contributed by atoms with Crippen LogP contribution in [0, 0.1) is 0 Å². The number of aliphatic hydroxyl groups excluding tert-OH is 1. The number of halogens is 2. The summed E-state index contributed by atoms with van der Waals surface area (Å²) in [4.78, 5) is 0. The monoisotopic (exact) mass is 331 g/mol. The summed E-state index contributed by atoms with van der Waals surface area (Å²) < 4.78 is 30.4. The Morgan fingerprint density at radius 2 is 1.75 bits per heavy atom. The molecule has 0 aliphatic heterocycles. The second-order valence-corrected chi connectivity index (χ2v) is 5.15. The topological polar surface area (TPSA) is 60.2 Å². The highest BCUT2D eigenvalue weighted by Gasteiger charge is 2.18. The Morgan fingerprint density at radius 1 is 1.04 bits per heavy atom. The number of aromatic nitrogens is 3. The van der Waals surface area contributed by atoms with E-state index in [-0.39, 0.29) is 5.75 Å². The summed E-state index contributed by atoms with van der Waals surface area (Å²) in [6, 6.07) is 15.5. The van der Waals surface area contributed by atoms with Gasteiger partial charge in [0.25, 0.3) is 0 Å². The van der Waals surface area contributed by atoms with E-state index in [9.17, 15) is 13.9 Å². The van der Waals surface area contributed by atoms with Crippen LogP contribution in [-0.2, 0) is 6.54 Å². The highest BCUT2D eigenvalue weighted by molar-refractivity contribution is 5.31. The van der Waals surface area contributed by atoms with Gasteiger partial charge in [-0.25, -0.2) is 0 Å². The van der Waals surface area contributed by atoms with Crippen LogP contribution in [0.15, 0.2) is 60.9 Å². The first-order chi connectivity index (χ1) is 11.6. The van der Waals surface area contributed by atoms with Crippen LogP contribution in [0.2, 0.25) is 0 Å². The maximum atomic E-state index is 12.2. The standard InChI is InChI=1S/C17H15F2N3O2/c18-17(19)24-14-8-6-13(7-9-14)15(23)16-21-20-11-22(16)10-12-4-2-1-3-5-12/h1-9,11,15,17,23H,10H2. The molecule has 7 heteroatoms. The predicted octanol–water partition coefficient (Wildman–Crippen LogP) is 3.01. The zero-order valence-electron chi connectivity index (χ0n) is 12.6. The molecule has 0 amide bonds. The molecule has 1 N–H and O–H groups in total. The number of benzene rings is 2. The quantitative estimate of drug-likeness (QED) is 0.754. The van der Waals surface area contributed by atoms with Crippen LogP contribution >= 0.6 is 0 Å². The van der Waals surface area contributed by atoms with Crippen molar-refractivity contribution in [2.45, 2.75) is 19.3 Å². The summed E-state index contributed by atoms with van der Waals surface area (Å²) in [6.45, 7) is -2.36. The molecule has 3 rings (SSSR count). The molecule has 0 aliphatic carbocycles. The van der Waals surface area contributed by atoms with Crippen molar-refractivity contribution in [2.24, 2.45) is 0 Å². The summed E-state index contributed by atoms with van der Waals surface area (Å²) >= 11 is 0. The highest BCUT2D eigenvalue weighted by atomic mass is 19.3. The van der Waals surface area contributed by atoms with E-state index in [1.54, 1.807) is 10.9 Å². The Morgan fingerprint density at radius 3 is 2.42 bits per heavy atom. The maximum Gasteiger partial charge on any atom is 0.387 e. The first kappa shape index (κ1) is 16.1. The van der Waals surface area contributed by atoms with Crippen LogP contribution in [0.25, 0.3) is 0 Å². The number of rotatable bonds is 6. The lowest BCUT2D eigenvalue weighted by Gasteiger charge is -2.13. The Balaban J connectivity index is 1.78. The van der Waals surface area contributed by atoms with Gasteiger partial charge in [-0.3, -0.25) is 0 Å². The normalized spacial score (nSPS) is 12.3.